The van der Waals surface area contributed by atoms with Crippen molar-refractivity contribution in [2.45, 2.75) is 19.9 Å². The van der Waals surface area contributed by atoms with Gasteiger partial charge in [0.05, 0.1) is 13.2 Å². The first kappa shape index (κ1) is 18.4. The van der Waals surface area contributed by atoms with Gasteiger partial charge in [-0.1, -0.05) is 13.8 Å². The van der Waals surface area contributed by atoms with E-state index in [9.17, 15) is 9.18 Å². The van der Waals surface area contributed by atoms with E-state index in [0.29, 0.717) is 6.54 Å². The molecule has 4 nitrogen and oxygen atoms in total. The maximum atomic E-state index is 13.8. The summed E-state index contributed by atoms with van der Waals surface area (Å²) in [7, 11) is 1.40. The zero-order chi connectivity index (χ0) is 17.5. The Kier molecular flexibility index (Phi) is 6.75. The number of hydrogen-bond acceptors (Lipinski definition) is 4. The van der Waals surface area contributed by atoms with Crippen LogP contribution in [0.4, 0.5) is 4.39 Å². The standard InChI is InChI=1S/C18H23FN2O2S/c1-4-21(5-2)16(14-8-9-24-12-14)11-20-18(22)13-6-7-17(23-3)15(19)10-13/h6-10,12,16H,4-5,11H2,1-3H3,(H,20,22). The van der Waals surface area contributed by atoms with Crippen LogP contribution in [0.3, 0.4) is 0 Å². The monoisotopic (exact) mass is 350 g/mol. The molecule has 1 unspecified atom stereocenters. The second kappa shape index (κ2) is 8.80. The number of likely N-dealkylation sites (N-methyl/N-ethyl adjacent to an activating group) is 1. The van der Waals surface area contributed by atoms with Gasteiger partial charge < -0.3 is 10.1 Å². The summed E-state index contributed by atoms with van der Waals surface area (Å²) in [5.41, 5.74) is 1.47. The van der Waals surface area contributed by atoms with Crippen LogP contribution in [0.1, 0.15) is 35.8 Å². The number of carbonyl (C=O) groups is 1. The fraction of sp³-hybridized carbons (Fsp3) is 0.389. The summed E-state index contributed by atoms with van der Waals surface area (Å²) in [4.78, 5) is 14.6. The molecule has 1 heterocycles. The van der Waals surface area contributed by atoms with Crippen LogP contribution in [0.2, 0.25) is 0 Å². The third-order valence-electron chi connectivity index (χ3n) is 4.05. The molecule has 6 heteroatoms. The van der Waals surface area contributed by atoms with Gasteiger partial charge >= 0.3 is 0 Å². The lowest BCUT2D eigenvalue weighted by molar-refractivity contribution is 0.0934. The first-order valence-electron chi connectivity index (χ1n) is 7.98. The molecule has 1 N–H and O–H groups in total. The Bertz CT molecular complexity index is 657. The van der Waals surface area contributed by atoms with Crippen molar-refractivity contribution in [1.29, 1.82) is 0 Å². The average Bonchev–Trinajstić information content (AvgIpc) is 3.12. The Balaban J connectivity index is 2.08. The quantitative estimate of drug-likeness (QED) is 0.789. The Labute approximate surface area is 146 Å². The van der Waals surface area contributed by atoms with Gasteiger partial charge in [-0.2, -0.15) is 11.3 Å². The minimum atomic E-state index is -0.539. The van der Waals surface area contributed by atoms with Crippen molar-refractivity contribution < 1.29 is 13.9 Å². The molecular formula is C18H23FN2O2S. The predicted molar refractivity (Wildman–Crippen MR) is 95.3 cm³/mol. The summed E-state index contributed by atoms with van der Waals surface area (Å²) in [6.07, 6.45) is 0. The van der Waals surface area contributed by atoms with Crippen molar-refractivity contribution in [1.82, 2.24) is 10.2 Å². The van der Waals surface area contributed by atoms with Crippen LogP contribution in [0, 0.1) is 5.82 Å². The van der Waals surface area contributed by atoms with Crippen LogP contribution in [0.5, 0.6) is 5.75 Å². The summed E-state index contributed by atoms with van der Waals surface area (Å²) in [5.74, 6) is -0.696. The number of ether oxygens (including phenoxy) is 1. The van der Waals surface area contributed by atoms with Crippen LogP contribution < -0.4 is 10.1 Å². The molecule has 0 spiro atoms. The number of rotatable bonds is 8. The molecule has 1 aromatic carbocycles. The van der Waals surface area contributed by atoms with Gasteiger partial charge in [0.15, 0.2) is 11.6 Å². The lowest BCUT2D eigenvalue weighted by Gasteiger charge is -2.29. The van der Waals surface area contributed by atoms with E-state index in [4.69, 9.17) is 4.74 Å². The molecule has 2 rings (SSSR count). The third kappa shape index (κ3) is 4.33. The molecule has 0 aliphatic rings. The minimum Gasteiger partial charge on any atom is -0.494 e. The van der Waals surface area contributed by atoms with Gasteiger partial charge in [-0.3, -0.25) is 9.69 Å². The van der Waals surface area contributed by atoms with Crippen LogP contribution in [0.25, 0.3) is 0 Å². The number of thiophene rings is 1. The zero-order valence-electron chi connectivity index (χ0n) is 14.2. The Morgan fingerprint density at radius 3 is 2.62 bits per heavy atom. The van der Waals surface area contributed by atoms with E-state index in [2.05, 4.69) is 35.5 Å². The van der Waals surface area contributed by atoms with Gasteiger partial charge in [0.1, 0.15) is 0 Å². The lowest BCUT2D eigenvalue weighted by Crippen LogP contribution is -2.37. The van der Waals surface area contributed by atoms with Crippen LogP contribution in [0.15, 0.2) is 35.0 Å². The van der Waals surface area contributed by atoms with Crippen molar-refractivity contribution >= 4 is 17.2 Å². The number of nitrogens with one attached hydrogen (secondary N) is 1. The Morgan fingerprint density at radius 1 is 1.33 bits per heavy atom. The number of methoxy groups -OCH3 is 1. The van der Waals surface area contributed by atoms with Crippen LogP contribution in [-0.4, -0.2) is 37.6 Å². The maximum Gasteiger partial charge on any atom is 0.251 e. The van der Waals surface area contributed by atoms with E-state index in [1.807, 2.05) is 5.38 Å². The average molecular weight is 350 g/mol. The summed E-state index contributed by atoms with van der Waals surface area (Å²) in [6, 6.07) is 6.41. The molecule has 0 bridgehead atoms. The third-order valence-corrected chi connectivity index (χ3v) is 4.75. The number of benzene rings is 1. The van der Waals surface area contributed by atoms with Gasteiger partial charge in [0.25, 0.3) is 5.91 Å². The minimum absolute atomic E-state index is 0.110. The maximum absolute atomic E-state index is 13.8. The molecule has 0 fully saturated rings. The van der Waals surface area contributed by atoms with Gasteiger partial charge in [0, 0.05) is 12.1 Å². The Hall–Kier alpha value is -1.92. The Morgan fingerprint density at radius 2 is 2.08 bits per heavy atom. The topological polar surface area (TPSA) is 41.6 Å². The molecule has 0 saturated carbocycles. The summed E-state index contributed by atoms with van der Waals surface area (Å²) in [5, 5.41) is 7.05. The molecule has 2 aromatic rings. The molecule has 0 saturated heterocycles. The van der Waals surface area contributed by atoms with E-state index >= 15 is 0 Å². The van der Waals surface area contributed by atoms with Gasteiger partial charge in [-0.25, -0.2) is 4.39 Å². The highest BCUT2D eigenvalue weighted by Crippen LogP contribution is 2.23. The van der Waals surface area contributed by atoms with Gasteiger partial charge in [-0.05, 0) is 53.7 Å². The first-order valence-corrected chi connectivity index (χ1v) is 8.92. The zero-order valence-corrected chi connectivity index (χ0v) is 15.0. The van der Waals surface area contributed by atoms with Crippen LogP contribution in [-0.2, 0) is 0 Å². The smallest absolute Gasteiger partial charge is 0.251 e. The van der Waals surface area contributed by atoms with Crippen molar-refractivity contribution in [3.8, 4) is 5.75 Å². The van der Waals surface area contributed by atoms with Crippen LogP contribution >= 0.6 is 11.3 Å². The molecular weight excluding hydrogens is 327 g/mol. The predicted octanol–water partition coefficient (Wildman–Crippen LogP) is 3.71. The summed E-state index contributed by atoms with van der Waals surface area (Å²) in [6.45, 7) is 6.46. The lowest BCUT2D eigenvalue weighted by atomic mass is 10.1. The SMILES string of the molecule is CCN(CC)C(CNC(=O)c1ccc(OC)c(F)c1)c1ccsc1. The first-order chi connectivity index (χ1) is 11.6. The van der Waals surface area contributed by atoms with Crippen molar-refractivity contribution in [2.24, 2.45) is 0 Å². The molecule has 0 radical (unpaired) electrons. The number of amides is 1. The fourth-order valence-corrected chi connectivity index (χ4v) is 3.39. The van der Waals surface area contributed by atoms with Crippen molar-refractivity contribution in [2.75, 3.05) is 26.7 Å². The van der Waals surface area contributed by atoms with E-state index < -0.39 is 5.82 Å². The van der Waals surface area contributed by atoms with E-state index in [-0.39, 0.29) is 23.3 Å². The second-order valence-electron chi connectivity index (χ2n) is 5.35. The summed E-state index contributed by atoms with van der Waals surface area (Å²) >= 11 is 1.64. The van der Waals surface area contributed by atoms with E-state index in [0.717, 1.165) is 13.1 Å². The van der Waals surface area contributed by atoms with Gasteiger partial charge in [-0.15, -0.1) is 0 Å². The number of carbonyl (C=O) groups excluding carboxylic acids is 1. The number of halogens is 1. The molecule has 1 amide bonds. The number of nitrogens with zero attached hydrogens (tertiary/aromatic N) is 1. The van der Waals surface area contributed by atoms with E-state index in [1.165, 1.54) is 24.8 Å². The molecule has 0 aliphatic heterocycles. The number of hydrogen-bond donors (Lipinski definition) is 1. The molecule has 0 aliphatic carbocycles. The van der Waals surface area contributed by atoms with Crippen molar-refractivity contribution in [3.63, 3.8) is 0 Å². The highest BCUT2D eigenvalue weighted by atomic mass is 32.1. The van der Waals surface area contributed by atoms with E-state index in [1.54, 1.807) is 17.4 Å². The fourth-order valence-electron chi connectivity index (χ4n) is 2.69. The molecule has 1 aromatic heterocycles. The van der Waals surface area contributed by atoms with Gasteiger partial charge in [0.2, 0.25) is 0 Å². The molecule has 1 atom stereocenters. The normalized spacial score (nSPS) is 12.2. The second-order valence-corrected chi connectivity index (χ2v) is 6.13. The largest absolute Gasteiger partial charge is 0.494 e. The highest BCUT2D eigenvalue weighted by molar-refractivity contribution is 7.07. The van der Waals surface area contributed by atoms with Crippen molar-refractivity contribution in [3.05, 3.63) is 52.0 Å². The highest BCUT2D eigenvalue weighted by Gasteiger charge is 2.20. The summed E-state index contributed by atoms with van der Waals surface area (Å²) < 4.78 is 18.6. The molecule has 130 valence electrons. The molecule has 24 heavy (non-hydrogen) atoms.